The van der Waals surface area contributed by atoms with Crippen molar-refractivity contribution in [1.82, 2.24) is 24.6 Å². The number of nitrogens with zero attached hydrogens (tertiary/aromatic N) is 5. The molecule has 0 aliphatic carbocycles. The van der Waals surface area contributed by atoms with Crippen LogP contribution in [0.2, 0.25) is 0 Å². The number of amides is 1. The number of rotatable bonds is 8. The van der Waals surface area contributed by atoms with Crippen molar-refractivity contribution >= 4 is 17.7 Å². The molecule has 0 saturated heterocycles. The molecular formula is C25H24FN5OS. The van der Waals surface area contributed by atoms with Crippen LogP contribution in [-0.2, 0) is 5.75 Å². The summed E-state index contributed by atoms with van der Waals surface area (Å²) >= 11 is 1.53. The van der Waals surface area contributed by atoms with Crippen molar-refractivity contribution in [3.63, 3.8) is 0 Å². The van der Waals surface area contributed by atoms with Gasteiger partial charge in [0.2, 0.25) is 0 Å². The smallest absolute Gasteiger partial charge is 0.253 e. The standard InChI is InChI=1S/C25H24FN5OS/c1-3-16-30(2)24(32)20-6-4-18(5-7-20)17-33-25-29-28-23(19-12-14-27-15-13-19)31(25)22-10-8-21(26)9-11-22/h4-15H,3,16-17H2,1-2H3. The van der Waals surface area contributed by atoms with Crippen molar-refractivity contribution < 1.29 is 9.18 Å². The summed E-state index contributed by atoms with van der Waals surface area (Å²) in [6, 6.07) is 17.6. The van der Waals surface area contributed by atoms with E-state index in [1.807, 2.05) is 48.0 Å². The van der Waals surface area contributed by atoms with Crippen LogP contribution in [0.1, 0.15) is 29.3 Å². The summed E-state index contributed by atoms with van der Waals surface area (Å²) in [5.41, 5.74) is 3.38. The fourth-order valence-corrected chi connectivity index (χ4v) is 4.33. The topological polar surface area (TPSA) is 63.9 Å². The molecule has 0 atom stereocenters. The Hall–Kier alpha value is -3.52. The van der Waals surface area contributed by atoms with E-state index >= 15 is 0 Å². The Labute approximate surface area is 196 Å². The molecule has 0 aliphatic heterocycles. The lowest BCUT2D eigenvalue weighted by Crippen LogP contribution is -2.27. The molecule has 2 aromatic heterocycles. The van der Waals surface area contributed by atoms with E-state index < -0.39 is 0 Å². The number of hydrogen-bond donors (Lipinski definition) is 0. The third-order valence-electron chi connectivity index (χ3n) is 5.13. The molecule has 2 heterocycles. The zero-order chi connectivity index (χ0) is 23.2. The van der Waals surface area contributed by atoms with Crippen LogP contribution in [0, 0.1) is 5.82 Å². The van der Waals surface area contributed by atoms with Gasteiger partial charge in [-0.15, -0.1) is 10.2 Å². The Morgan fingerprint density at radius 3 is 2.36 bits per heavy atom. The van der Waals surface area contributed by atoms with E-state index in [-0.39, 0.29) is 11.7 Å². The number of pyridine rings is 1. The number of aromatic nitrogens is 4. The van der Waals surface area contributed by atoms with Gasteiger partial charge in [0.1, 0.15) is 5.82 Å². The van der Waals surface area contributed by atoms with Crippen LogP contribution in [-0.4, -0.2) is 44.1 Å². The second-order valence-corrected chi connectivity index (χ2v) is 8.51. The molecule has 0 radical (unpaired) electrons. The second-order valence-electron chi connectivity index (χ2n) is 7.57. The average molecular weight is 462 g/mol. The highest BCUT2D eigenvalue weighted by molar-refractivity contribution is 7.98. The third-order valence-corrected chi connectivity index (χ3v) is 6.13. The molecule has 2 aromatic carbocycles. The van der Waals surface area contributed by atoms with Crippen LogP contribution in [0.15, 0.2) is 78.2 Å². The predicted octanol–water partition coefficient (Wildman–Crippen LogP) is 5.24. The molecule has 0 aliphatic rings. The summed E-state index contributed by atoms with van der Waals surface area (Å²) in [6.45, 7) is 2.78. The highest BCUT2D eigenvalue weighted by Crippen LogP contribution is 2.29. The summed E-state index contributed by atoms with van der Waals surface area (Å²) in [5, 5.41) is 9.48. The van der Waals surface area contributed by atoms with Crippen molar-refractivity contribution in [2.45, 2.75) is 24.3 Å². The molecule has 0 spiro atoms. The summed E-state index contributed by atoms with van der Waals surface area (Å²) < 4.78 is 15.4. The van der Waals surface area contributed by atoms with Crippen LogP contribution in [0.25, 0.3) is 17.1 Å². The van der Waals surface area contributed by atoms with Gasteiger partial charge in [-0.25, -0.2) is 4.39 Å². The minimum atomic E-state index is -0.300. The van der Waals surface area contributed by atoms with E-state index in [9.17, 15) is 9.18 Å². The van der Waals surface area contributed by atoms with Gasteiger partial charge in [0.15, 0.2) is 11.0 Å². The van der Waals surface area contributed by atoms with Crippen LogP contribution < -0.4 is 0 Å². The lowest BCUT2D eigenvalue weighted by atomic mass is 10.1. The van der Waals surface area contributed by atoms with Crippen molar-refractivity contribution in [3.8, 4) is 17.1 Å². The molecule has 1 amide bonds. The van der Waals surface area contributed by atoms with Crippen molar-refractivity contribution in [2.24, 2.45) is 0 Å². The van der Waals surface area contributed by atoms with Crippen molar-refractivity contribution in [2.75, 3.05) is 13.6 Å². The van der Waals surface area contributed by atoms with Crippen LogP contribution in [0.5, 0.6) is 0 Å². The molecule has 8 heteroatoms. The van der Waals surface area contributed by atoms with Crippen molar-refractivity contribution in [3.05, 3.63) is 90.0 Å². The zero-order valence-electron chi connectivity index (χ0n) is 18.5. The maximum absolute atomic E-state index is 13.5. The molecule has 4 rings (SSSR count). The van der Waals surface area contributed by atoms with Gasteiger partial charge >= 0.3 is 0 Å². The van der Waals surface area contributed by atoms with Gasteiger partial charge in [0.25, 0.3) is 5.91 Å². The van der Waals surface area contributed by atoms with Gasteiger partial charge < -0.3 is 4.90 Å². The Balaban J connectivity index is 1.57. The van der Waals surface area contributed by atoms with E-state index in [1.54, 1.807) is 29.4 Å². The first kappa shape index (κ1) is 22.7. The number of benzene rings is 2. The lowest BCUT2D eigenvalue weighted by Gasteiger charge is -2.16. The molecule has 168 valence electrons. The summed E-state index contributed by atoms with van der Waals surface area (Å²) in [5.74, 6) is 1.03. The van der Waals surface area contributed by atoms with E-state index in [0.717, 1.165) is 29.8 Å². The Kier molecular flexibility index (Phi) is 7.14. The number of halogens is 1. The first-order valence-electron chi connectivity index (χ1n) is 10.7. The van der Waals surface area contributed by atoms with Gasteiger partial charge in [-0.2, -0.15) is 0 Å². The lowest BCUT2D eigenvalue weighted by molar-refractivity contribution is 0.0795. The quantitative estimate of drug-likeness (QED) is 0.336. The van der Waals surface area contributed by atoms with Gasteiger partial charge in [0.05, 0.1) is 0 Å². The molecule has 0 saturated carbocycles. The van der Waals surface area contributed by atoms with Gasteiger partial charge in [-0.05, 0) is 60.5 Å². The minimum Gasteiger partial charge on any atom is -0.342 e. The van der Waals surface area contributed by atoms with E-state index in [0.29, 0.717) is 22.3 Å². The maximum Gasteiger partial charge on any atom is 0.253 e. The fourth-order valence-electron chi connectivity index (χ4n) is 3.42. The second kappa shape index (κ2) is 10.4. The highest BCUT2D eigenvalue weighted by atomic mass is 32.2. The maximum atomic E-state index is 13.5. The number of carbonyl (C=O) groups is 1. The number of carbonyl (C=O) groups excluding carboxylic acids is 1. The first-order chi connectivity index (χ1) is 16.1. The molecule has 6 nitrogen and oxygen atoms in total. The fraction of sp³-hybridized carbons (Fsp3) is 0.200. The Morgan fingerprint density at radius 2 is 1.70 bits per heavy atom. The molecule has 4 aromatic rings. The molecule has 0 N–H and O–H groups in total. The van der Waals surface area contributed by atoms with E-state index in [4.69, 9.17) is 0 Å². The summed E-state index contributed by atoms with van der Waals surface area (Å²) in [4.78, 5) is 18.3. The Bertz CT molecular complexity index is 1210. The Morgan fingerprint density at radius 1 is 1.00 bits per heavy atom. The third kappa shape index (κ3) is 5.28. The summed E-state index contributed by atoms with van der Waals surface area (Å²) in [7, 11) is 1.82. The van der Waals surface area contributed by atoms with Crippen molar-refractivity contribution in [1.29, 1.82) is 0 Å². The first-order valence-corrected chi connectivity index (χ1v) is 11.6. The van der Waals surface area contributed by atoms with Gasteiger partial charge in [-0.3, -0.25) is 14.3 Å². The largest absolute Gasteiger partial charge is 0.342 e. The molecule has 0 bridgehead atoms. The van der Waals surface area contributed by atoms with Crippen LogP contribution in [0.4, 0.5) is 4.39 Å². The van der Waals surface area contributed by atoms with E-state index in [2.05, 4.69) is 22.1 Å². The number of hydrogen-bond acceptors (Lipinski definition) is 5. The summed E-state index contributed by atoms with van der Waals surface area (Å²) in [6.07, 6.45) is 4.33. The molecule has 33 heavy (non-hydrogen) atoms. The zero-order valence-corrected chi connectivity index (χ0v) is 19.3. The molecule has 0 unspecified atom stereocenters. The highest BCUT2D eigenvalue weighted by Gasteiger charge is 2.17. The normalized spacial score (nSPS) is 10.9. The van der Waals surface area contributed by atoms with Crippen LogP contribution >= 0.6 is 11.8 Å². The minimum absolute atomic E-state index is 0.0223. The van der Waals surface area contributed by atoms with Crippen LogP contribution in [0.3, 0.4) is 0 Å². The van der Waals surface area contributed by atoms with Gasteiger partial charge in [-0.1, -0.05) is 30.8 Å². The SMILES string of the molecule is CCCN(C)C(=O)c1ccc(CSc2nnc(-c3ccncc3)n2-c2ccc(F)cc2)cc1. The predicted molar refractivity (Wildman–Crippen MR) is 128 cm³/mol. The average Bonchev–Trinajstić information content (AvgIpc) is 3.28. The van der Waals surface area contributed by atoms with Gasteiger partial charge in [0, 0.05) is 48.6 Å². The monoisotopic (exact) mass is 461 g/mol. The number of thioether (sulfide) groups is 1. The molecule has 0 fully saturated rings. The molecular weight excluding hydrogens is 437 g/mol. The van der Waals surface area contributed by atoms with E-state index in [1.165, 1.54) is 23.9 Å².